The van der Waals surface area contributed by atoms with Gasteiger partial charge in [0.1, 0.15) is 5.75 Å². The van der Waals surface area contributed by atoms with E-state index < -0.39 is 0 Å². The number of hydrogen-bond donors (Lipinski definition) is 1. The number of aryl methyl sites for hydroxylation is 1. The van der Waals surface area contributed by atoms with E-state index in [9.17, 15) is 0 Å². The van der Waals surface area contributed by atoms with Gasteiger partial charge in [-0.3, -0.25) is 0 Å². The highest BCUT2D eigenvalue weighted by atomic mass is 79.9. The molecule has 0 heterocycles. The lowest BCUT2D eigenvalue weighted by atomic mass is 9.97. The fourth-order valence-corrected chi connectivity index (χ4v) is 3.50. The van der Waals surface area contributed by atoms with Gasteiger partial charge >= 0.3 is 0 Å². The van der Waals surface area contributed by atoms with Crippen LogP contribution < -0.4 is 10.1 Å². The first-order valence-electron chi connectivity index (χ1n) is 6.33. The van der Waals surface area contributed by atoms with E-state index in [0.717, 1.165) is 14.7 Å². The summed E-state index contributed by atoms with van der Waals surface area (Å²) in [6.45, 7) is 2.10. The van der Waals surface area contributed by atoms with Gasteiger partial charge < -0.3 is 10.1 Å². The molecule has 0 amide bonds. The highest BCUT2D eigenvalue weighted by molar-refractivity contribution is 9.10. The lowest BCUT2D eigenvalue weighted by molar-refractivity contribution is 0.412. The van der Waals surface area contributed by atoms with Crippen LogP contribution >= 0.6 is 31.9 Å². The first-order valence-corrected chi connectivity index (χ1v) is 7.91. The lowest BCUT2D eigenvalue weighted by Crippen LogP contribution is -2.17. The molecule has 0 saturated carbocycles. The predicted molar refractivity (Wildman–Crippen MR) is 90.5 cm³/mol. The van der Waals surface area contributed by atoms with Crippen LogP contribution in [0, 0.1) is 6.92 Å². The molecule has 2 nitrogen and oxygen atoms in total. The minimum Gasteiger partial charge on any atom is -0.496 e. The zero-order valence-corrected chi connectivity index (χ0v) is 14.9. The van der Waals surface area contributed by atoms with Gasteiger partial charge in [-0.25, -0.2) is 0 Å². The van der Waals surface area contributed by atoms with Gasteiger partial charge in [0.25, 0.3) is 0 Å². The van der Waals surface area contributed by atoms with E-state index in [1.54, 1.807) is 7.11 Å². The van der Waals surface area contributed by atoms with Gasteiger partial charge in [-0.2, -0.15) is 0 Å². The normalized spacial score (nSPS) is 12.2. The molecule has 1 atom stereocenters. The maximum Gasteiger partial charge on any atom is 0.133 e. The molecular formula is C16H17Br2NO. The zero-order chi connectivity index (χ0) is 14.7. The van der Waals surface area contributed by atoms with Crippen LogP contribution in [0.4, 0.5) is 0 Å². The van der Waals surface area contributed by atoms with Crippen molar-refractivity contribution < 1.29 is 4.74 Å². The third kappa shape index (κ3) is 3.43. The molecule has 20 heavy (non-hydrogen) atoms. The molecule has 0 saturated heterocycles. The second-order valence-corrected chi connectivity index (χ2v) is 6.45. The summed E-state index contributed by atoms with van der Waals surface area (Å²) in [6.07, 6.45) is 0. The Labute approximate surface area is 136 Å². The minimum atomic E-state index is 0.147. The summed E-state index contributed by atoms with van der Waals surface area (Å²) in [7, 11) is 3.64. The smallest absolute Gasteiger partial charge is 0.133 e. The molecule has 0 spiro atoms. The van der Waals surface area contributed by atoms with E-state index in [1.165, 1.54) is 16.7 Å². The molecule has 0 bridgehead atoms. The van der Waals surface area contributed by atoms with Crippen LogP contribution in [-0.4, -0.2) is 14.2 Å². The quantitative estimate of drug-likeness (QED) is 0.795. The van der Waals surface area contributed by atoms with Crippen molar-refractivity contribution in [1.29, 1.82) is 0 Å². The van der Waals surface area contributed by atoms with Crippen LogP contribution in [0.2, 0.25) is 0 Å². The summed E-state index contributed by atoms with van der Waals surface area (Å²) < 4.78 is 7.34. The third-order valence-corrected chi connectivity index (χ3v) is 4.27. The molecule has 106 valence electrons. The molecule has 4 heteroatoms. The molecule has 0 aliphatic heterocycles. The van der Waals surface area contributed by atoms with Crippen molar-refractivity contribution in [2.45, 2.75) is 13.0 Å². The van der Waals surface area contributed by atoms with E-state index in [2.05, 4.69) is 74.4 Å². The Morgan fingerprint density at radius 2 is 1.80 bits per heavy atom. The summed E-state index contributed by atoms with van der Waals surface area (Å²) >= 11 is 7.11. The number of halogens is 2. The molecule has 1 unspecified atom stereocenters. The molecule has 0 aliphatic carbocycles. The molecule has 0 aromatic heterocycles. The standard InChI is InChI=1S/C16H17Br2NO/c1-10-6-12(8-13(17)7-10)16(19-2)11-4-5-15(20-3)14(18)9-11/h4-9,16,19H,1-3H3. The van der Waals surface area contributed by atoms with Gasteiger partial charge in [-0.15, -0.1) is 0 Å². The fraction of sp³-hybridized carbons (Fsp3) is 0.250. The Bertz CT molecular complexity index is 593. The van der Waals surface area contributed by atoms with Crippen molar-refractivity contribution >= 4 is 31.9 Å². The van der Waals surface area contributed by atoms with Crippen molar-refractivity contribution in [3.63, 3.8) is 0 Å². The van der Waals surface area contributed by atoms with Gasteiger partial charge in [0, 0.05) is 4.47 Å². The van der Waals surface area contributed by atoms with Crippen molar-refractivity contribution in [2.24, 2.45) is 0 Å². The number of hydrogen-bond acceptors (Lipinski definition) is 2. The van der Waals surface area contributed by atoms with E-state index >= 15 is 0 Å². The molecule has 2 aromatic carbocycles. The molecule has 2 rings (SSSR count). The SMILES string of the molecule is CNC(c1cc(C)cc(Br)c1)c1ccc(OC)c(Br)c1. The highest BCUT2D eigenvalue weighted by Crippen LogP contribution is 2.31. The molecule has 2 aromatic rings. The first-order chi connectivity index (χ1) is 9.55. The number of rotatable bonds is 4. The van der Waals surface area contributed by atoms with Gasteiger partial charge in [0.15, 0.2) is 0 Å². The summed E-state index contributed by atoms with van der Waals surface area (Å²) in [5, 5.41) is 3.37. The van der Waals surface area contributed by atoms with Crippen LogP contribution in [0.15, 0.2) is 45.3 Å². The maximum absolute atomic E-state index is 5.28. The number of methoxy groups -OCH3 is 1. The molecular weight excluding hydrogens is 382 g/mol. The van der Waals surface area contributed by atoms with E-state index in [0.29, 0.717) is 0 Å². The lowest BCUT2D eigenvalue weighted by Gasteiger charge is -2.19. The van der Waals surface area contributed by atoms with E-state index in [4.69, 9.17) is 4.74 Å². The van der Waals surface area contributed by atoms with Crippen molar-refractivity contribution in [3.8, 4) is 5.75 Å². The van der Waals surface area contributed by atoms with Crippen LogP contribution in [0.1, 0.15) is 22.7 Å². The Balaban J connectivity index is 2.44. The molecule has 1 N–H and O–H groups in total. The maximum atomic E-state index is 5.28. The number of benzene rings is 2. The van der Waals surface area contributed by atoms with E-state index in [1.807, 2.05) is 13.1 Å². The zero-order valence-electron chi connectivity index (χ0n) is 11.7. The first kappa shape index (κ1) is 15.5. The Morgan fingerprint density at radius 1 is 1.05 bits per heavy atom. The van der Waals surface area contributed by atoms with Crippen LogP contribution in [-0.2, 0) is 0 Å². The summed E-state index contributed by atoms with van der Waals surface area (Å²) in [4.78, 5) is 0. The van der Waals surface area contributed by atoms with Gasteiger partial charge in [-0.1, -0.05) is 28.1 Å². The van der Waals surface area contributed by atoms with Crippen molar-refractivity contribution in [3.05, 3.63) is 62.0 Å². The third-order valence-electron chi connectivity index (χ3n) is 3.20. The number of ether oxygens (including phenoxy) is 1. The van der Waals surface area contributed by atoms with Gasteiger partial charge in [0.05, 0.1) is 17.6 Å². The van der Waals surface area contributed by atoms with Crippen LogP contribution in [0.5, 0.6) is 5.75 Å². The molecule has 0 radical (unpaired) electrons. The second-order valence-electron chi connectivity index (χ2n) is 4.68. The summed E-state index contributed by atoms with van der Waals surface area (Å²) in [5.74, 6) is 0.842. The average Bonchev–Trinajstić information content (AvgIpc) is 2.38. The number of nitrogens with one attached hydrogen (secondary N) is 1. The van der Waals surface area contributed by atoms with E-state index in [-0.39, 0.29) is 6.04 Å². The largest absolute Gasteiger partial charge is 0.496 e. The van der Waals surface area contributed by atoms with Gasteiger partial charge in [0.2, 0.25) is 0 Å². The Hall–Kier alpha value is -0.840. The van der Waals surface area contributed by atoms with Crippen molar-refractivity contribution in [1.82, 2.24) is 5.32 Å². The van der Waals surface area contributed by atoms with Crippen LogP contribution in [0.3, 0.4) is 0 Å². The van der Waals surface area contributed by atoms with Crippen LogP contribution in [0.25, 0.3) is 0 Å². The van der Waals surface area contributed by atoms with Gasteiger partial charge in [-0.05, 0) is 70.9 Å². The monoisotopic (exact) mass is 397 g/mol. The Kier molecular flexibility index (Phi) is 5.24. The Morgan fingerprint density at radius 3 is 2.35 bits per heavy atom. The minimum absolute atomic E-state index is 0.147. The van der Waals surface area contributed by atoms with Crippen molar-refractivity contribution in [2.75, 3.05) is 14.2 Å². The highest BCUT2D eigenvalue weighted by Gasteiger charge is 2.14. The average molecular weight is 399 g/mol. The fourth-order valence-electron chi connectivity index (χ4n) is 2.32. The summed E-state index contributed by atoms with van der Waals surface area (Å²) in [5.41, 5.74) is 3.66. The molecule has 0 fully saturated rings. The molecule has 0 aliphatic rings. The summed E-state index contributed by atoms with van der Waals surface area (Å²) in [6, 6.07) is 12.8. The second kappa shape index (κ2) is 6.74. The predicted octanol–water partition coefficient (Wildman–Crippen LogP) is 4.84. The topological polar surface area (TPSA) is 21.3 Å².